The van der Waals surface area contributed by atoms with Crippen LogP contribution in [-0.2, 0) is 0 Å². The Morgan fingerprint density at radius 2 is 1.24 bits per heavy atom. The zero-order chi connectivity index (χ0) is 24.8. The second-order valence-electron chi connectivity index (χ2n) is 6.63. The van der Waals surface area contributed by atoms with E-state index in [1.165, 1.54) is 22.7 Å². The number of hydrogen-bond donors (Lipinski definition) is 1. The largest absolute Gasteiger partial charge is 0.379 e. The van der Waals surface area contributed by atoms with Gasteiger partial charge in [-0.15, -0.1) is 22.7 Å². The standard InChI is InChI=1S/C12H8BrClO2S.C12H6BrClO2S/c2*13-10-6-5-9(17-10)12(16)11(15)7-3-1-2-4-8(7)14/h1-6,12,16H;1-6H. The van der Waals surface area contributed by atoms with Crippen LogP contribution < -0.4 is 0 Å². The summed E-state index contributed by atoms with van der Waals surface area (Å²) in [5.74, 6) is -1.50. The van der Waals surface area contributed by atoms with Crippen molar-refractivity contribution in [3.8, 4) is 0 Å². The number of carbonyl (C=O) groups excluding carboxylic acids is 3. The van der Waals surface area contributed by atoms with E-state index in [1.807, 2.05) is 0 Å². The Hall–Kier alpha value is -1.65. The molecule has 0 fully saturated rings. The third-order valence-electron chi connectivity index (χ3n) is 4.37. The highest BCUT2D eigenvalue weighted by molar-refractivity contribution is 9.11. The third-order valence-corrected chi connectivity index (χ3v) is 8.33. The maximum Gasteiger partial charge on any atom is 0.243 e. The minimum absolute atomic E-state index is 0.240. The summed E-state index contributed by atoms with van der Waals surface area (Å²) in [6.45, 7) is 0. The second-order valence-corrected chi connectivity index (χ2v) is 12.4. The molecule has 4 rings (SSSR count). The molecule has 1 atom stereocenters. The summed E-state index contributed by atoms with van der Waals surface area (Å²) in [7, 11) is 0. The van der Waals surface area contributed by atoms with Crippen LogP contribution in [0.3, 0.4) is 0 Å². The molecule has 2 heterocycles. The van der Waals surface area contributed by atoms with Crippen LogP contribution in [0.2, 0.25) is 10.0 Å². The summed E-state index contributed by atoms with van der Waals surface area (Å²) >= 11 is 20.9. The van der Waals surface area contributed by atoms with Crippen molar-refractivity contribution in [1.29, 1.82) is 0 Å². The van der Waals surface area contributed by atoms with Gasteiger partial charge in [-0.3, -0.25) is 14.4 Å². The first kappa shape index (κ1) is 26.9. The fraction of sp³-hybridized carbons (Fsp3) is 0.0417. The van der Waals surface area contributed by atoms with Crippen molar-refractivity contribution in [1.82, 2.24) is 0 Å². The van der Waals surface area contributed by atoms with E-state index in [1.54, 1.807) is 72.8 Å². The van der Waals surface area contributed by atoms with Crippen LogP contribution in [0.1, 0.15) is 41.4 Å². The number of halogens is 4. The molecule has 0 aliphatic heterocycles. The number of thiophene rings is 2. The van der Waals surface area contributed by atoms with E-state index in [-0.39, 0.29) is 11.3 Å². The van der Waals surface area contributed by atoms with E-state index < -0.39 is 17.7 Å². The number of benzene rings is 2. The Morgan fingerprint density at radius 1 is 0.706 bits per heavy atom. The van der Waals surface area contributed by atoms with Gasteiger partial charge in [0.1, 0.15) is 0 Å². The number of hydrogen-bond acceptors (Lipinski definition) is 6. The van der Waals surface area contributed by atoms with Gasteiger partial charge in [0.25, 0.3) is 0 Å². The summed E-state index contributed by atoms with van der Waals surface area (Å²) < 4.78 is 1.69. The highest BCUT2D eigenvalue weighted by Gasteiger charge is 2.23. The van der Waals surface area contributed by atoms with Gasteiger partial charge in [0.05, 0.1) is 22.5 Å². The first-order chi connectivity index (χ1) is 16.2. The molecule has 1 unspecified atom stereocenters. The zero-order valence-corrected chi connectivity index (χ0v) is 23.3. The molecule has 10 heteroatoms. The van der Waals surface area contributed by atoms with Crippen LogP contribution in [-0.4, -0.2) is 22.5 Å². The number of Topliss-reactive ketones (excluding diaryl/α,β-unsaturated/α-hetero) is 3. The smallest absolute Gasteiger partial charge is 0.243 e. The Kier molecular flexibility index (Phi) is 9.79. The Labute approximate surface area is 230 Å². The lowest BCUT2D eigenvalue weighted by Crippen LogP contribution is -2.13. The first-order valence-electron chi connectivity index (χ1n) is 9.50. The third kappa shape index (κ3) is 6.73. The van der Waals surface area contributed by atoms with Crippen molar-refractivity contribution in [2.75, 3.05) is 0 Å². The molecule has 0 aliphatic rings. The van der Waals surface area contributed by atoms with Crippen molar-refractivity contribution < 1.29 is 19.5 Å². The lowest BCUT2D eigenvalue weighted by atomic mass is 10.1. The Balaban J connectivity index is 0.000000191. The van der Waals surface area contributed by atoms with E-state index in [0.29, 0.717) is 25.4 Å². The fourth-order valence-corrected chi connectivity index (χ4v) is 5.91. The van der Waals surface area contributed by atoms with Crippen molar-refractivity contribution >= 4 is 95.1 Å². The van der Waals surface area contributed by atoms with Gasteiger partial charge < -0.3 is 5.11 Å². The monoisotopic (exact) mass is 658 g/mol. The van der Waals surface area contributed by atoms with Crippen LogP contribution in [0.5, 0.6) is 0 Å². The second kappa shape index (κ2) is 12.4. The van der Waals surface area contributed by atoms with Gasteiger partial charge in [-0.1, -0.05) is 47.5 Å². The number of rotatable bonds is 6. The minimum Gasteiger partial charge on any atom is -0.379 e. The quantitative estimate of drug-likeness (QED) is 0.167. The molecule has 0 spiro atoms. The number of ketones is 3. The van der Waals surface area contributed by atoms with Crippen molar-refractivity contribution in [2.45, 2.75) is 6.10 Å². The van der Waals surface area contributed by atoms with E-state index in [0.717, 1.165) is 7.57 Å². The summed E-state index contributed by atoms with van der Waals surface area (Å²) in [6, 6.07) is 20.1. The summed E-state index contributed by atoms with van der Waals surface area (Å²) in [4.78, 5) is 36.9. The number of aliphatic hydroxyl groups is 1. The molecular formula is C24H14Br2Cl2O4S2. The predicted octanol–water partition coefficient (Wildman–Crippen LogP) is 8.31. The Bertz CT molecular complexity index is 1350. The van der Waals surface area contributed by atoms with Gasteiger partial charge in [-0.05, 0) is 80.4 Å². The van der Waals surface area contributed by atoms with E-state index >= 15 is 0 Å². The predicted molar refractivity (Wildman–Crippen MR) is 145 cm³/mol. The minimum atomic E-state index is -1.16. The van der Waals surface area contributed by atoms with Gasteiger partial charge in [0.2, 0.25) is 11.6 Å². The molecule has 34 heavy (non-hydrogen) atoms. The molecule has 0 radical (unpaired) electrons. The van der Waals surface area contributed by atoms with Gasteiger partial charge in [0.15, 0.2) is 11.9 Å². The van der Waals surface area contributed by atoms with E-state index in [4.69, 9.17) is 23.2 Å². The molecule has 2 aromatic heterocycles. The molecule has 0 bridgehead atoms. The summed E-state index contributed by atoms with van der Waals surface area (Å²) in [5.41, 5.74) is 0.579. The van der Waals surface area contributed by atoms with Crippen LogP contribution in [0.15, 0.2) is 80.4 Å². The average molecular weight is 661 g/mol. The number of carbonyl (C=O) groups is 3. The lowest BCUT2D eigenvalue weighted by Gasteiger charge is -2.08. The SMILES string of the molecule is O=C(C(=O)c1ccccc1Cl)c1ccc(Br)s1.O=C(c1ccccc1Cl)C(O)c1ccc(Br)s1. The van der Waals surface area contributed by atoms with Gasteiger partial charge in [-0.2, -0.15) is 0 Å². The highest BCUT2D eigenvalue weighted by atomic mass is 79.9. The molecular weight excluding hydrogens is 647 g/mol. The Morgan fingerprint density at radius 3 is 1.74 bits per heavy atom. The molecule has 4 aromatic rings. The van der Waals surface area contributed by atoms with E-state index in [2.05, 4.69) is 31.9 Å². The molecule has 2 aromatic carbocycles. The molecule has 0 saturated heterocycles. The van der Waals surface area contributed by atoms with Crippen LogP contribution in [0, 0.1) is 0 Å². The van der Waals surface area contributed by atoms with Gasteiger partial charge in [-0.25, -0.2) is 0 Å². The summed E-state index contributed by atoms with van der Waals surface area (Å²) in [6.07, 6.45) is -1.16. The van der Waals surface area contributed by atoms with Crippen LogP contribution in [0.25, 0.3) is 0 Å². The van der Waals surface area contributed by atoms with Crippen molar-refractivity contribution in [3.05, 3.63) is 111 Å². The van der Waals surface area contributed by atoms with Gasteiger partial charge in [0, 0.05) is 16.0 Å². The maximum atomic E-state index is 12.0. The van der Waals surface area contributed by atoms with Crippen LogP contribution in [0.4, 0.5) is 0 Å². The molecule has 1 N–H and O–H groups in total. The topological polar surface area (TPSA) is 71.4 Å². The molecule has 174 valence electrons. The molecule has 0 saturated carbocycles. The maximum absolute atomic E-state index is 12.0. The number of aliphatic hydroxyl groups excluding tert-OH is 1. The molecule has 0 amide bonds. The average Bonchev–Trinajstić information content (AvgIpc) is 3.46. The van der Waals surface area contributed by atoms with Gasteiger partial charge >= 0.3 is 0 Å². The zero-order valence-electron chi connectivity index (χ0n) is 17.0. The lowest BCUT2D eigenvalue weighted by molar-refractivity contribution is 0.0753. The first-order valence-corrected chi connectivity index (χ1v) is 13.5. The van der Waals surface area contributed by atoms with Crippen molar-refractivity contribution in [2.24, 2.45) is 0 Å². The van der Waals surface area contributed by atoms with Crippen LogP contribution >= 0.6 is 77.7 Å². The molecule has 4 nitrogen and oxygen atoms in total. The van der Waals surface area contributed by atoms with E-state index in [9.17, 15) is 19.5 Å². The normalized spacial score (nSPS) is 11.3. The van der Waals surface area contributed by atoms with Crippen molar-refractivity contribution in [3.63, 3.8) is 0 Å². The fourth-order valence-electron chi connectivity index (χ4n) is 2.73. The summed E-state index contributed by atoms with van der Waals surface area (Å²) in [5, 5.41) is 10.6. The highest BCUT2D eigenvalue weighted by Crippen LogP contribution is 2.30. The molecule has 0 aliphatic carbocycles.